The highest BCUT2D eigenvalue weighted by Gasteiger charge is 2.13. The topological polar surface area (TPSA) is 85.4 Å². The van der Waals surface area contributed by atoms with Gasteiger partial charge in [0.1, 0.15) is 5.15 Å². The monoisotopic (exact) mass is 278 g/mol. The molecule has 0 fully saturated rings. The van der Waals surface area contributed by atoms with Gasteiger partial charge >= 0.3 is 5.97 Å². The summed E-state index contributed by atoms with van der Waals surface area (Å²) >= 11 is 5.55. The molecule has 0 unspecified atom stereocenters. The van der Waals surface area contributed by atoms with E-state index in [4.69, 9.17) is 11.6 Å². The van der Waals surface area contributed by atoms with Crippen molar-refractivity contribution in [3.05, 3.63) is 23.5 Å². The number of methoxy groups -OCH3 is 1. The number of hydrogen-bond acceptors (Lipinski definition) is 5. The molecule has 0 aromatic carbocycles. The first-order valence-electron chi connectivity index (χ1n) is 4.62. The Morgan fingerprint density at radius 2 is 2.24 bits per heavy atom. The second kappa shape index (κ2) is 5.83. The maximum Gasteiger partial charge on any atom is 0.306 e. The Bertz CT molecular complexity index is 486. The van der Waals surface area contributed by atoms with Crippen molar-refractivity contribution >= 4 is 33.3 Å². The van der Waals surface area contributed by atoms with Gasteiger partial charge in [-0.1, -0.05) is 11.6 Å². The molecule has 0 amide bonds. The van der Waals surface area contributed by atoms with Crippen molar-refractivity contribution < 1.29 is 17.9 Å². The number of carbonyl (C=O) groups excluding carboxylic acids is 1. The third kappa shape index (κ3) is 5.01. The Labute approximate surface area is 104 Å². The number of carbonyl (C=O) groups is 1. The van der Waals surface area contributed by atoms with Gasteiger partial charge in [-0.3, -0.25) is 9.52 Å². The van der Waals surface area contributed by atoms with Crippen molar-refractivity contribution in [3.63, 3.8) is 0 Å². The van der Waals surface area contributed by atoms with E-state index in [9.17, 15) is 13.2 Å². The molecule has 0 saturated heterocycles. The van der Waals surface area contributed by atoms with Crippen molar-refractivity contribution in [2.75, 3.05) is 17.6 Å². The van der Waals surface area contributed by atoms with Crippen LogP contribution in [0.15, 0.2) is 18.3 Å². The van der Waals surface area contributed by atoms with E-state index in [1.54, 1.807) is 0 Å². The lowest BCUT2D eigenvalue weighted by atomic mass is 10.4. The molecular formula is C9H11ClN2O4S. The number of hydrogen-bond donors (Lipinski definition) is 1. The molecule has 0 aliphatic heterocycles. The second-order valence-corrected chi connectivity index (χ2v) is 5.35. The Morgan fingerprint density at radius 3 is 2.76 bits per heavy atom. The minimum absolute atomic E-state index is 0.202. The zero-order valence-corrected chi connectivity index (χ0v) is 10.6. The molecule has 17 heavy (non-hydrogen) atoms. The number of pyridine rings is 1. The van der Waals surface area contributed by atoms with Gasteiger partial charge in [-0.2, -0.15) is 0 Å². The van der Waals surface area contributed by atoms with Gasteiger partial charge in [0.05, 0.1) is 31.2 Å². The normalized spacial score (nSPS) is 10.9. The van der Waals surface area contributed by atoms with Gasteiger partial charge in [0.25, 0.3) is 0 Å². The minimum atomic E-state index is -3.59. The number of ether oxygens (including phenoxy) is 1. The molecule has 0 atom stereocenters. The van der Waals surface area contributed by atoms with Crippen LogP contribution in [0.3, 0.4) is 0 Å². The third-order valence-electron chi connectivity index (χ3n) is 1.80. The van der Waals surface area contributed by atoms with Crippen LogP contribution < -0.4 is 4.72 Å². The number of aromatic nitrogens is 1. The van der Waals surface area contributed by atoms with E-state index in [1.165, 1.54) is 25.4 Å². The van der Waals surface area contributed by atoms with Gasteiger partial charge in [0, 0.05) is 0 Å². The van der Waals surface area contributed by atoms with Crippen LogP contribution in [0.4, 0.5) is 5.69 Å². The summed E-state index contributed by atoms with van der Waals surface area (Å²) in [6.45, 7) is 0. The van der Waals surface area contributed by atoms with Crippen molar-refractivity contribution in [2.24, 2.45) is 0 Å². The lowest BCUT2D eigenvalue weighted by Gasteiger charge is -2.06. The number of esters is 1. The molecule has 0 aliphatic rings. The predicted octanol–water partition coefficient (Wildman–Crippen LogP) is 1.04. The Kier molecular flexibility index (Phi) is 4.71. The minimum Gasteiger partial charge on any atom is -0.469 e. The molecule has 0 spiro atoms. The molecule has 1 rings (SSSR count). The first-order chi connectivity index (χ1) is 7.93. The quantitative estimate of drug-likeness (QED) is 0.642. The number of rotatable bonds is 5. The van der Waals surface area contributed by atoms with E-state index >= 15 is 0 Å². The Balaban J connectivity index is 2.60. The maximum atomic E-state index is 11.5. The van der Waals surface area contributed by atoms with Crippen LogP contribution >= 0.6 is 11.6 Å². The fraction of sp³-hybridized carbons (Fsp3) is 0.333. The molecule has 0 radical (unpaired) electrons. The van der Waals surface area contributed by atoms with E-state index in [2.05, 4.69) is 14.4 Å². The van der Waals surface area contributed by atoms with Crippen LogP contribution in [0.25, 0.3) is 0 Å². The van der Waals surface area contributed by atoms with Crippen molar-refractivity contribution in [1.82, 2.24) is 4.98 Å². The van der Waals surface area contributed by atoms with Gasteiger partial charge in [-0.15, -0.1) is 0 Å². The fourth-order valence-electron chi connectivity index (χ4n) is 0.987. The molecule has 0 bridgehead atoms. The summed E-state index contributed by atoms with van der Waals surface area (Å²) in [5.41, 5.74) is 0.291. The van der Waals surface area contributed by atoms with Crippen LogP contribution in [0.1, 0.15) is 6.42 Å². The highest BCUT2D eigenvalue weighted by atomic mass is 35.5. The highest BCUT2D eigenvalue weighted by molar-refractivity contribution is 7.92. The van der Waals surface area contributed by atoms with Crippen LogP contribution in [0.2, 0.25) is 5.15 Å². The van der Waals surface area contributed by atoms with E-state index in [0.717, 1.165) is 0 Å². The van der Waals surface area contributed by atoms with Gasteiger partial charge < -0.3 is 4.74 Å². The Morgan fingerprint density at radius 1 is 1.53 bits per heavy atom. The molecule has 6 nitrogen and oxygen atoms in total. The molecule has 0 saturated carbocycles. The molecule has 1 aromatic rings. The summed E-state index contributed by atoms with van der Waals surface area (Å²) in [6.07, 6.45) is 1.09. The Hall–Kier alpha value is -1.34. The van der Waals surface area contributed by atoms with Gasteiger partial charge in [-0.25, -0.2) is 13.4 Å². The molecule has 94 valence electrons. The molecule has 8 heteroatoms. The number of anilines is 1. The summed E-state index contributed by atoms with van der Waals surface area (Å²) in [5.74, 6) is -0.924. The second-order valence-electron chi connectivity index (χ2n) is 3.12. The third-order valence-corrected chi connectivity index (χ3v) is 3.32. The van der Waals surface area contributed by atoms with Gasteiger partial charge in [0.15, 0.2) is 0 Å². The zero-order valence-electron chi connectivity index (χ0n) is 9.01. The van der Waals surface area contributed by atoms with Crippen LogP contribution in [-0.2, 0) is 19.6 Å². The van der Waals surface area contributed by atoms with E-state index in [0.29, 0.717) is 5.69 Å². The molecule has 1 heterocycles. The lowest BCUT2D eigenvalue weighted by molar-refractivity contribution is -0.140. The largest absolute Gasteiger partial charge is 0.469 e. The van der Waals surface area contributed by atoms with Crippen LogP contribution in [0, 0.1) is 0 Å². The summed E-state index contributed by atoms with van der Waals surface area (Å²) in [6, 6.07) is 2.94. The van der Waals surface area contributed by atoms with Gasteiger partial charge in [0.2, 0.25) is 10.0 Å². The van der Waals surface area contributed by atoms with E-state index < -0.39 is 16.0 Å². The summed E-state index contributed by atoms with van der Waals surface area (Å²) in [7, 11) is -2.39. The average Bonchev–Trinajstić information content (AvgIpc) is 2.29. The SMILES string of the molecule is COC(=O)CCS(=O)(=O)Nc1ccc(Cl)nc1. The molecule has 1 aromatic heterocycles. The lowest BCUT2D eigenvalue weighted by Crippen LogP contribution is -2.19. The number of sulfonamides is 1. The summed E-state index contributed by atoms with van der Waals surface area (Å²) in [5, 5.41) is 0.266. The van der Waals surface area contributed by atoms with E-state index in [-0.39, 0.29) is 17.3 Å². The van der Waals surface area contributed by atoms with Crippen molar-refractivity contribution in [2.45, 2.75) is 6.42 Å². The standard InChI is InChI=1S/C9H11ClN2O4S/c1-16-9(13)4-5-17(14,15)12-7-2-3-8(10)11-6-7/h2-3,6,12H,4-5H2,1H3. The first-order valence-corrected chi connectivity index (χ1v) is 6.65. The fourth-order valence-corrected chi connectivity index (χ4v) is 2.12. The summed E-state index contributed by atoms with van der Waals surface area (Å²) < 4.78 is 29.7. The molecular weight excluding hydrogens is 268 g/mol. The number of nitrogens with one attached hydrogen (secondary N) is 1. The number of halogens is 1. The smallest absolute Gasteiger partial charge is 0.306 e. The predicted molar refractivity (Wildman–Crippen MR) is 63.3 cm³/mol. The van der Waals surface area contributed by atoms with Crippen LogP contribution in [0.5, 0.6) is 0 Å². The molecule has 0 aliphatic carbocycles. The van der Waals surface area contributed by atoms with Crippen molar-refractivity contribution in [1.29, 1.82) is 0 Å². The number of nitrogens with zero attached hydrogens (tertiary/aromatic N) is 1. The van der Waals surface area contributed by atoms with Gasteiger partial charge in [-0.05, 0) is 12.1 Å². The first kappa shape index (κ1) is 13.7. The molecule has 1 N–H and O–H groups in total. The zero-order chi connectivity index (χ0) is 12.9. The van der Waals surface area contributed by atoms with Crippen molar-refractivity contribution in [3.8, 4) is 0 Å². The van der Waals surface area contributed by atoms with E-state index in [1.807, 2.05) is 0 Å². The maximum absolute atomic E-state index is 11.5. The highest BCUT2D eigenvalue weighted by Crippen LogP contribution is 2.11. The van der Waals surface area contributed by atoms with Crippen LogP contribution in [-0.4, -0.2) is 32.2 Å². The average molecular weight is 279 g/mol. The summed E-state index contributed by atoms with van der Waals surface area (Å²) in [4.78, 5) is 14.5.